The topological polar surface area (TPSA) is 8.17 Å². The van der Waals surface area contributed by atoms with E-state index in [4.69, 9.17) is 0 Å². The third kappa shape index (κ3) is 5.93. The quantitative estimate of drug-likeness (QED) is 0.156. The first-order chi connectivity index (χ1) is 30.3. The van der Waals surface area contributed by atoms with Crippen LogP contribution in [0.25, 0.3) is 91.8 Å². The molecule has 0 saturated heterocycles. The maximum atomic E-state index is 2.44. The Morgan fingerprint density at radius 3 is 1.75 bits per heavy atom. The average molecular weight is 795 g/mol. The molecule has 2 heterocycles. The van der Waals surface area contributed by atoms with E-state index in [-0.39, 0.29) is 0 Å². The van der Waals surface area contributed by atoms with Crippen LogP contribution in [0.2, 0.25) is 0 Å². The first kappa shape index (κ1) is 35.2. The molecule has 0 aliphatic heterocycles. The summed E-state index contributed by atoms with van der Waals surface area (Å²) in [6, 6.07) is 84.2. The Morgan fingerprint density at radius 1 is 0.344 bits per heavy atom. The highest BCUT2D eigenvalue weighted by atomic mass is 32.1. The van der Waals surface area contributed by atoms with Gasteiger partial charge >= 0.3 is 0 Å². The van der Waals surface area contributed by atoms with Crippen molar-refractivity contribution in [1.82, 2.24) is 4.57 Å². The normalized spacial score (nSPS) is 11.6. The number of aromatic nitrogens is 1. The lowest BCUT2D eigenvalue weighted by Crippen LogP contribution is -2.11. The second kappa shape index (κ2) is 14.5. The van der Waals surface area contributed by atoms with Crippen molar-refractivity contribution in [1.29, 1.82) is 0 Å². The standard InChI is InChI=1S/C58H38N2S/c1-2-16-41-37-43(32-31-39(41)15-1)42-17-13-18-45(38-42)59(54-27-9-6-22-49(54)51-24-14-25-52-50-23-7-12-30-57(50)61-58(51)52)44-35-33-40(34-36-44)46-19-3-8-26-53(46)60-55-28-10-4-20-47(55)48-21-5-11-29-56(48)60/h1-38H. The Morgan fingerprint density at radius 2 is 0.934 bits per heavy atom. The summed E-state index contributed by atoms with van der Waals surface area (Å²) in [6.07, 6.45) is 0. The van der Waals surface area contributed by atoms with Gasteiger partial charge in [0.2, 0.25) is 0 Å². The maximum absolute atomic E-state index is 2.44. The van der Waals surface area contributed by atoms with Crippen LogP contribution >= 0.6 is 11.3 Å². The molecule has 0 aliphatic carbocycles. The Labute approximate surface area is 358 Å². The minimum absolute atomic E-state index is 1.09. The van der Waals surface area contributed by atoms with Crippen molar-refractivity contribution >= 4 is 81.1 Å². The van der Waals surface area contributed by atoms with E-state index in [1.165, 1.54) is 80.6 Å². The number of anilines is 3. The van der Waals surface area contributed by atoms with Gasteiger partial charge < -0.3 is 9.47 Å². The number of nitrogens with zero attached hydrogens (tertiary/aromatic N) is 2. The molecule has 12 aromatic rings. The molecule has 3 heteroatoms. The molecule has 0 radical (unpaired) electrons. The van der Waals surface area contributed by atoms with Gasteiger partial charge in [-0.2, -0.15) is 0 Å². The molecule has 2 aromatic heterocycles. The van der Waals surface area contributed by atoms with E-state index in [2.05, 4.69) is 240 Å². The fourth-order valence-corrected chi connectivity index (χ4v) is 10.6. The lowest BCUT2D eigenvalue weighted by molar-refractivity contribution is 1.18. The summed E-state index contributed by atoms with van der Waals surface area (Å²) < 4.78 is 5.03. The van der Waals surface area contributed by atoms with Crippen molar-refractivity contribution in [3.63, 3.8) is 0 Å². The third-order valence-electron chi connectivity index (χ3n) is 12.2. The van der Waals surface area contributed by atoms with Gasteiger partial charge in [-0.15, -0.1) is 11.3 Å². The van der Waals surface area contributed by atoms with E-state index >= 15 is 0 Å². The molecule has 0 N–H and O–H groups in total. The maximum Gasteiger partial charge on any atom is 0.0541 e. The molecule has 0 saturated carbocycles. The second-order valence-electron chi connectivity index (χ2n) is 15.7. The van der Waals surface area contributed by atoms with E-state index in [0.717, 1.165) is 28.3 Å². The van der Waals surface area contributed by atoms with Crippen molar-refractivity contribution in [2.45, 2.75) is 0 Å². The van der Waals surface area contributed by atoms with Crippen LogP contribution in [0.4, 0.5) is 17.1 Å². The van der Waals surface area contributed by atoms with Crippen molar-refractivity contribution in [2.75, 3.05) is 4.90 Å². The largest absolute Gasteiger partial charge is 0.310 e. The fraction of sp³-hybridized carbons (Fsp3) is 0. The molecule has 10 aromatic carbocycles. The van der Waals surface area contributed by atoms with Crippen molar-refractivity contribution in [3.05, 3.63) is 231 Å². The average Bonchev–Trinajstić information content (AvgIpc) is 3.88. The van der Waals surface area contributed by atoms with Crippen molar-refractivity contribution < 1.29 is 0 Å². The number of benzene rings is 10. The zero-order valence-corrected chi connectivity index (χ0v) is 34.1. The van der Waals surface area contributed by atoms with Gasteiger partial charge in [0.15, 0.2) is 0 Å². The Kier molecular flexibility index (Phi) is 8.39. The van der Waals surface area contributed by atoms with Crippen LogP contribution in [0, 0.1) is 0 Å². The lowest BCUT2D eigenvalue weighted by atomic mass is 9.98. The fourth-order valence-electron chi connectivity index (χ4n) is 9.36. The van der Waals surface area contributed by atoms with E-state index < -0.39 is 0 Å². The molecule has 0 atom stereocenters. The zero-order valence-electron chi connectivity index (χ0n) is 33.2. The van der Waals surface area contributed by atoms with Gasteiger partial charge in [-0.1, -0.05) is 170 Å². The Bertz CT molecular complexity index is 3560. The molecule has 0 amide bonds. The van der Waals surface area contributed by atoms with Gasteiger partial charge in [-0.05, 0) is 88.1 Å². The van der Waals surface area contributed by atoms with Crippen LogP contribution in [0.5, 0.6) is 0 Å². The molecular weight excluding hydrogens is 757 g/mol. The number of thiophene rings is 1. The third-order valence-corrected chi connectivity index (χ3v) is 13.4. The molecular formula is C58H38N2S. The van der Waals surface area contributed by atoms with E-state index in [9.17, 15) is 0 Å². The predicted molar refractivity (Wildman–Crippen MR) is 262 cm³/mol. The molecule has 0 fully saturated rings. The summed E-state index contributed by atoms with van der Waals surface area (Å²) in [5.41, 5.74) is 14.0. The number of hydrogen-bond acceptors (Lipinski definition) is 2. The highest BCUT2D eigenvalue weighted by Crippen LogP contribution is 2.47. The minimum Gasteiger partial charge on any atom is -0.310 e. The molecule has 12 rings (SSSR count). The summed E-state index contributed by atoms with van der Waals surface area (Å²) in [4.78, 5) is 2.44. The first-order valence-electron chi connectivity index (χ1n) is 20.8. The summed E-state index contributed by atoms with van der Waals surface area (Å²) in [6.45, 7) is 0. The zero-order chi connectivity index (χ0) is 40.3. The SMILES string of the molecule is c1cc(-c2ccc3ccccc3c2)cc(N(c2ccc(-c3ccccc3-n3c4ccccc4c4ccccc43)cc2)c2ccccc2-c2cccc3c2sc2ccccc23)c1. The van der Waals surface area contributed by atoms with E-state index in [1.54, 1.807) is 0 Å². The van der Waals surface area contributed by atoms with Crippen LogP contribution < -0.4 is 4.90 Å². The Balaban J connectivity index is 1.03. The van der Waals surface area contributed by atoms with E-state index in [1.807, 2.05) is 11.3 Å². The van der Waals surface area contributed by atoms with Crippen molar-refractivity contribution in [3.8, 4) is 39.1 Å². The molecule has 61 heavy (non-hydrogen) atoms. The monoisotopic (exact) mass is 794 g/mol. The first-order valence-corrected chi connectivity index (χ1v) is 21.7. The highest BCUT2D eigenvalue weighted by molar-refractivity contribution is 7.26. The Hall–Kier alpha value is -7.72. The summed E-state index contributed by atoms with van der Waals surface area (Å²) in [5.74, 6) is 0. The molecule has 0 bridgehead atoms. The van der Waals surface area contributed by atoms with Crippen LogP contribution in [0.3, 0.4) is 0 Å². The summed E-state index contributed by atoms with van der Waals surface area (Å²) in [7, 11) is 0. The number of hydrogen-bond donors (Lipinski definition) is 0. The van der Waals surface area contributed by atoms with Gasteiger partial charge in [-0.3, -0.25) is 0 Å². The molecule has 0 unspecified atom stereocenters. The molecule has 2 nitrogen and oxygen atoms in total. The lowest BCUT2D eigenvalue weighted by Gasteiger charge is -2.28. The van der Waals surface area contributed by atoms with Crippen molar-refractivity contribution in [2.24, 2.45) is 0 Å². The van der Waals surface area contributed by atoms with Crippen LogP contribution in [-0.2, 0) is 0 Å². The van der Waals surface area contributed by atoms with Crippen LogP contribution in [-0.4, -0.2) is 4.57 Å². The van der Waals surface area contributed by atoms with Crippen LogP contribution in [0.1, 0.15) is 0 Å². The predicted octanol–water partition coefficient (Wildman–Crippen LogP) is 16.8. The molecule has 0 spiro atoms. The van der Waals surface area contributed by atoms with Gasteiger partial charge in [-0.25, -0.2) is 0 Å². The van der Waals surface area contributed by atoms with Gasteiger partial charge in [0.05, 0.1) is 22.4 Å². The number of para-hydroxylation sites is 4. The number of fused-ring (bicyclic) bond motifs is 7. The molecule has 0 aliphatic rings. The molecule has 286 valence electrons. The smallest absolute Gasteiger partial charge is 0.0541 e. The number of rotatable bonds is 7. The van der Waals surface area contributed by atoms with E-state index in [0.29, 0.717) is 0 Å². The summed E-state index contributed by atoms with van der Waals surface area (Å²) in [5, 5.41) is 7.60. The van der Waals surface area contributed by atoms with Gasteiger partial charge in [0.1, 0.15) is 0 Å². The van der Waals surface area contributed by atoms with Crippen LogP contribution in [0.15, 0.2) is 231 Å². The second-order valence-corrected chi connectivity index (χ2v) is 16.7. The minimum atomic E-state index is 1.09. The highest BCUT2D eigenvalue weighted by Gasteiger charge is 2.21. The van der Waals surface area contributed by atoms with Gasteiger partial charge in [0, 0.05) is 59.0 Å². The summed E-state index contributed by atoms with van der Waals surface area (Å²) >= 11 is 1.88. The van der Waals surface area contributed by atoms with Gasteiger partial charge in [0.25, 0.3) is 0 Å².